The number of rotatable bonds is 2. The van der Waals surface area contributed by atoms with Crippen LogP contribution in [-0.2, 0) is 0 Å². The van der Waals surface area contributed by atoms with Crippen molar-refractivity contribution in [1.82, 2.24) is 14.7 Å². The number of aryl methyl sites for hydroxylation is 1. The van der Waals surface area contributed by atoms with Crippen LogP contribution in [0.5, 0.6) is 0 Å². The zero-order valence-corrected chi connectivity index (χ0v) is 15.9. The smallest absolute Gasteiger partial charge is 0.264 e. The van der Waals surface area contributed by atoms with E-state index < -0.39 is 0 Å². The summed E-state index contributed by atoms with van der Waals surface area (Å²) in [6.07, 6.45) is 3.39. The van der Waals surface area contributed by atoms with Gasteiger partial charge in [-0.05, 0) is 57.4 Å². The van der Waals surface area contributed by atoms with Gasteiger partial charge in [0.1, 0.15) is 4.83 Å². The number of fused-ring (bicyclic) bond motifs is 1. The average molecular weight is 374 g/mol. The maximum absolute atomic E-state index is 13.0. The zero-order chi connectivity index (χ0) is 17.6. The molecule has 0 spiro atoms. The van der Waals surface area contributed by atoms with Crippen molar-refractivity contribution in [1.29, 1.82) is 0 Å². The number of aromatic nitrogens is 2. The second-order valence-corrected chi connectivity index (χ2v) is 8.12. The Hall–Kier alpha value is -1.85. The average Bonchev–Trinajstić information content (AvgIpc) is 3.16. The summed E-state index contributed by atoms with van der Waals surface area (Å²) in [6, 6.07) is 9.94. The number of halogens is 1. The molecule has 1 aliphatic heterocycles. The lowest BCUT2D eigenvalue weighted by molar-refractivity contribution is 0.0641. The number of hydrogen-bond acceptors (Lipinski definition) is 3. The van der Waals surface area contributed by atoms with Crippen LogP contribution in [-0.4, -0.2) is 33.2 Å². The molecule has 2 aromatic heterocycles. The van der Waals surface area contributed by atoms with Crippen LogP contribution in [0.3, 0.4) is 0 Å². The lowest BCUT2D eigenvalue weighted by atomic mass is 10.0. The van der Waals surface area contributed by atoms with Gasteiger partial charge >= 0.3 is 0 Å². The second kappa shape index (κ2) is 6.46. The Balaban J connectivity index is 1.75. The van der Waals surface area contributed by atoms with Crippen molar-refractivity contribution in [2.45, 2.75) is 39.2 Å². The van der Waals surface area contributed by atoms with Gasteiger partial charge in [-0.3, -0.25) is 4.79 Å². The van der Waals surface area contributed by atoms with Crippen molar-refractivity contribution >= 4 is 39.1 Å². The summed E-state index contributed by atoms with van der Waals surface area (Å²) in [5.41, 5.74) is 1.84. The minimum atomic E-state index is 0.144. The lowest BCUT2D eigenvalue weighted by Gasteiger charge is -2.33. The molecule has 1 amide bonds. The fraction of sp³-hybridized carbons (Fsp3) is 0.368. The molecule has 1 aliphatic rings. The first-order valence-corrected chi connectivity index (χ1v) is 9.80. The molecule has 3 aromatic rings. The van der Waals surface area contributed by atoms with E-state index in [-0.39, 0.29) is 5.91 Å². The number of carbonyl (C=O) groups excluding carboxylic acids is 1. The molecule has 0 radical (unpaired) electrons. The maximum Gasteiger partial charge on any atom is 0.264 e. The van der Waals surface area contributed by atoms with Crippen molar-refractivity contribution in [3.05, 3.63) is 45.9 Å². The molecule has 4 rings (SSSR count). The summed E-state index contributed by atoms with van der Waals surface area (Å²) in [6.45, 7) is 4.98. The van der Waals surface area contributed by atoms with Gasteiger partial charge in [-0.15, -0.1) is 11.3 Å². The summed E-state index contributed by atoms with van der Waals surface area (Å²) in [5.74, 6) is 0.144. The fourth-order valence-corrected chi connectivity index (χ4v) is 4.80. The summed E-state index contributed by atoms with van der Waals surface area (Å²) >= 11 is 7.64. The molecule has 0 aliphatic carbocycles. The number of nitrogens with zero attached hydrogens (tertiary/aromatic N) is 3. The molecular weight excluding hydrogens is 354 g/mol. The first-order valence-electron chi connectivity index (χ1n) is 8.60. The van der Waals surface area contributed by atoms with Crippen LogP contribution in [0.4, 0.5) is 0 Å². The van der Waals surface area contributed by atoms with Crippen molar-refractivity contribution in [3.8, 4) is 5.69 Å². The summed E-state index contributed by atoms with van der Waals surface area (Å²) < 4.78 is 1.89. The number of hydrogen-bond donors (Lipinski definition) is 0. The van der Waals surface area contributed by atoms with Gasteiger partial charge in [0.05, 0.1) is 16.3 Å². The molecular formula is C19H20ClN3OS. The van der Waals surface area contributed by atoms with E-state index in [9.17, 15) is 4.79 Å². The molecule has 6 heteroatoms. The van der Waals surface area contributed by atoms with Gasteiger partial charge in [0.25, 0.3) is 5.91 Å². The Morgan fingerprint density at radius 1 is 1.32 bits per heavy atom. The van der Waals surface area contributed by atoms with Crippen molar-refractivity contribution in [2.75, 3.05) is 6.54 Å². The van der Waals surface area contributed by atoms with Gasteiger partial charge in [0.2, 0.25) is 0 Å². The third kappa shape index (κ3) is 2.96. The molecule has 1 fully saturated rings. The van der Waals surface area contributed by atoms with Gasteiger partial charge < -0.3 is 4.90 Å². The van der Waals surface area contributed by atoms with Crippen LogP contribution >= 0.6 is 22.9 Å². The molecule has 1 unspecified atom stereocenters. The van der Waals surface area contributed by atoms with E-state index in [1.165, 1.54) is 17.8 Å². The maximum atomic E-state index is 13.0. The van der Waals surface area contributed by atoms with Gasteiger partial charge in [-0.2, -0.15) is 5.10 Å². The first-order chi connectivity index (χ1) is 12.0. The molecule has 1 aromatic carbocycles. The van der Waals surface area contributed by atoms with Crippen molar-refractivity contribution in [2.24, 2.45) is 0 Å². The Morgan fingerprint density at radius 3 is 2.92 bits per heavy atom. The van der Waals surface area contributed by atoms with Crippen molar-refractivity contribution < 1.29 is 4.79 Å². The SMILES string of the molecule is Cc1nn(-c2cccc(Cl)c2)c2sc(C(=O)N3CCCCC3C)cc12. The molecule has 0 bridgehead atoms. The van der Waals surface area contributed by atoms with Crippen LogP contribution < -0.4 is 0 Å². The predicted octanol–water partition coefficient (Wildman–Crippen LogP) is 5.06. The fourth-order valence-electron chi connectivity index (χ4n) is 3.48. The second-order valence-electron chi connectivity index (χ2n) is 6.65. The summed E-state index contributed by atoms with van der Waals surface area (Å²) in [4.78, 5) is 16.8. The van der Waals surface area contributed by atoms with E-state index in [0.717, 1.165) is 45.9 Å². The number of thiophene rings is 1. The number of piperidine rings is 1. The van der Waals surface area contributed by atoms with E-state index in [1.807, 2.05) is 46.8 Å². The quantitative estimate of drug-likeness (QED) is 0.629. The number of carbonyl (C=O) groups is 1. The first kappa shape index (κ1) is 16.6. The number of likely N-dealkylation sites (tertiary alicyclic amines) is 1. The van der Waals surface area contributed by atoms with Crippen molar-refractivity contribution in [3.63, 3.8) is 0 Å². The molecule has 4 nitrogen and oxygen atoms in total. The highest BCUT2D eigenvalue weighted by molar-refractivity contribution is 7.20. The number of amides is 1. The number of benzene rings is 1. The molecule has 1 saturated heterocycles. The van der Waals surface area contributed by atoms with E-state index in [1.54, 1.807) is 0 Å². The predicted molar refractivity (Wildman–Crippen MR) is 103 cm³/mol. The largest absolute Gasteiger partial charge is 0.335 e. The minimum Gasteiger partial charge on any atom is -0.335 e. The topological polar surface area (TPSA) is 38.1 Å². The Kier molecular flexibility index (Phi) is 4.29. The minimum absolute atomic E-state index is 0.144. The standard InChI is InChI=1S/C19H20ClN3OS/c1-12-6-3-4-9-22(12)18(24)17-11-16-13(2)21-23(19(16)25-17)15-8-5-7-14(20)10-15/h5,7-8,10-12H,3-4,6,9H2,1-2H3. The third-order valence-electron chi connectivity index (χ3n) is 4.87. The third-order valence-corrected chi connectivity index (χ3v) is 6.21. The lowest BCUT2D eigenvalue weighted by Crippen LogP contribution is -2.41. The molecule has 130 valence electrons. The highest BCUT2D eigenvalue weighted by Crippen LogP contribution is 2.32. The van der Waals surface area contributed by atoms with Gasteiger partial charge in [0.15, 0.2) is 0 Å². The highest BCUT2D eigenvalue weighted by Gasteiger charge is 2.26. The van der Waals surface area contributed by atoms with Gasteiger partial charge in [0, 0.05) is 23.0 Å². The van der Waals surface area contributed by atoms with E-state index >= 15 is 0 Å². The van der Waals surface area contributed by atoms with Crippen LogP contribution in [0.25, 0.3) is 15.9 Å². The highest BCUT2D eigenvalue weighted by atomic mass is 35.5. The summed E-state index contributed by atoms with van der Waals surface area (Å²) in [7, 11) is 0. The van der Waals surface area contributed by atoms with E-state index in [4.69, 9.17) is 11.6 Å². The van der Waals surface area contributed by atoms with Crippen LogP contribution in [0, 0.1) is 6.92 Å². The Morgan fingerprint density at radius 2 is 2.16 bits per heavy atom. The molecule has 25 heavy (non-hydrogen) atoms. The molecule has 3 heterocycles. The Bertz CT molecular complexity index is 945. The van der Waals surface area contributed by atoms with Gasteiger partial charge in [-0.25, -0.2) is 4.68 Å². The zero-order valence-electron chi connectivity index (χ0n) is 14.3. The van der Waals surface area contributed by atoms with E-state index in [2.05, 4.69) is 12.0 Å². The molecule has 1 atom stereocenters. The monoisotopic (exact) mass is 373 g/mol. The molecule has 0 saturated carbocycles. The van der Waals surface area contributed by atoms with Gasteiger partial charge in [-0.1, -0.05) is 17.7 Å². The Labute approximate surface area is 156 Å². The normalized spacial score (nSPS) is 18.0. The van der Waals surface area contributed by atoms with Crippen LogP contribution in [0.1, 0.15) is 41.6 Å². The van der Waals surface area contributed by atoms with Crippen LogP contribution in [0.15, 0.2) is 30.3 Å². The van der Waals surface area contributed by atoms with Crippen LogP contribution in [0.2, 0.25) is 5.02 Å². The van der Waals surface area contributed by atoms with E-state index in [0.29, 0.717) is 11.1 Å². The summed E-state index contributed by atoms with van der Waals surface area (Å²) in [5, 5.41) is 6.35. The molecule has 0 N–H and O–H groups in total.